The van der Waals surface area contributed by atoms with Gasteiger partial charge in [0.1, 0.15) is 11.3 Å². The van der Waals surface area contributed by atoms with E-state index in [9.17, 15) is 9.59 Å². The lowest BCUT2D eigenvalue weighted by Crippen LogP contribution is -2.34. The van der Waals surface area contributed by atoms with Gasteiger partial charge in [-0.15, -0.1) is 0 Å². The van der Waals surface area contributed by atoms with Crippen molar-refractivity contribution in [1.82, 2.24) is 5.32 Å². The molecule has 19 heavy (non-hydrogen) atoms. The highest BCUT2D eigenvalue weighted by atomic mass is 16.5. The Labute approximate surface area is 111 Å². The number of amides is 1. The van der Waals surface area contributed by atoms with Crippen molar-refractivity contribution < 1.29 is 19.1 Å². The average Bonchev–Trinajstić information content (AvgIpc) is 2.34. The van der Waals surface area contributed by atoms with Gasteiger partial charge < -0.3 is 20.5 Å². The van der Waals surface area contributed by atoms with E-state index in [1.54, 1.807) is 18.2 Å². The number of nitrogens with one attached hydrogen (secondary N) is 1. The van der Waals surface area contributed by atoms with E-state index in [0.717, 1.165) is 0 Å². The highest BCUT2D eigenvalue weighted by Crippen LogP contribution is 2.24. The van der Waals surface area contributed by atoms with Crippen LogP contribution in [0.5, 0.6) is 5.75 Å². The third-order valence-corrected chi connectivity index (χ3v) is 2.27. The molecule has 104 valence electrons. The molecule has 1 aromatic carbocycles. The quantitative estimate of drug-likeness (QED) is 0.612. The maximum absolute atomic E-state index is 11.9. The number of nitrogen functional groups attached to an aromatic ring is 1. The van der Waals surface area contributed by atoms with Crippen LogP contribution in [0.15, 0.2) is 18.2 Å². The Bertz CT molecular complexity index is 472. The van der Waals surface area contributed by atoms with E-state index in [2.05, 4.69) is 5.32 Å². The molecule has 1 rings (SSSR count). The summed E-state index contributed by atoms with van der Waals surface area (Å²) in [4.78, 5) is 23.3. The Morgan fingerprint density at radius 3 is 2.63 bits per heavy atom. The lowest BCUT2D eigenvalue weighted by molar-refractivity contribution is -0.124. The van der Waals surface area contributed by atoms with E-state index in [0.29, 0.717) is 5.75 Å². The van der Waals surface area contributed by atoms with Crippen LogP contribution >= 0.6 is 0 Å². The monoisotopic (exact) mass is 266 g/mol. The van der Waals surface area contributed by atoms with Crippen LogP contribution in [0.2, 0.25) is 0 Å². The largest absolute Gasteiger partial charge is 0.496 e. The van der Waals surface area contributed by atoms with E-state index in [-0.39, 0.29) is 29.8 Å². The first-order chi connectivity index (χ1) is 8.95. The summed E-state index contributed by atoms with van der Waals surface area (Å²) in [6, 6.07) is 4.81. The minimum Gasteiger partial charge on any atom is -0.496 e. The maximum atomic E-state index is 11.9. The van der Waals surface area contributed by atoms with Crippen molar-refractivity contribution in [2.24, 2.45) is 0 Å². The van der Waals surface area contributed by atoms with Crippen molar-refractivity contribution in [3.63, 3.8) is 0 Å². The first-order valence-electron chi connectivity index (χ1n) is 5.84. The zero-order valence-electron chi connectivity index (χ0n) is 11.2. The van der Waals surface area contributed by atoms with E-state index in [1.165, 1.54) is 7.11 Å². The topological polar surface area (TPSA) is 90.7 Å². The number of nitrogens with two attached hydrogens (primary N) is 1. The fourth-order valence-electron chi connectivity index (χ4n) is 1.50. The molecule has 0 saturated heterocycles. The molecule has 0 heterocycles. The summed E-state index contributed by atoms with van der Waals surface area (Å²) in [7, 11) is 1.43. The number of ether oxygens (including phenoxy) is 2. The summed E-state index contributed by atoms with van der Waals surface area (Å²) in [5, 5.41) is 2.61. The normalized spacial score (nSPS) is 10.1. The summed E-state index contributed by atoms with van der Waals surface area (Å²) < 4.78 is 9.94. The molecule has 0 aromatic heterocycles. The zero-order chi connectivity index (χ0) is 14.4. The third kappa shape index (κ3) is 4.17. The second-order valence-corrected chi connectivity index (χ2v) is 4.22. The molecule has 0 unspecified atom stereocenters. The molecule has 1 aromatic rings. The van der Waals surface area contributed by atoms with E-state index in [4.69, 9.17) is 15.2 Å². The number of methoxy groups -OCH3 is 1. The van der Waals surface area contributed by atoms with E-state index < -0.39 is 5.97 Å². The van der Waals surface area contributed by atoms with Crippen LogP contribution in [0.3, 0.4) is 0 Å². The van der Waals surface area contributed by atoms with Crippen molar-refractivity contribution in [3.8, 4) is 5.75 Å². The molecule has 3 N–H and O–H groups in total. The molecule has 1 amide bonds. The van der Waals surface area contributed by atoms with Crippen LogP contribution in [0.4, 0.5) is 5.69 Å². The molecule has 0 spiro atoms. The Morgan fingerprint density at radius 2 is 2.05 bits per heavy atom. The van der Waals surface area contributed by atoms with Crippen molar-refractivity contribution >= 4 is 17.6 Å². The molecule has 0 radical (unpaired) electrons. The molecule has 0 atom stereocenters. The molecule has 6 nitrogen and oxygen atoms in total. The number of benzene rings is 1. The molecular weight excluding hydrogens is 248 g/mol. The highest BCUT2D eigenvalue weighted by molar-refractivity contribution is 5.99. The lowest BCUT2D eigenvalue weighted by atomic mass is 10.1. The molecule has 0 saturated carbocycles. The molecule has 0 aliphatic rings. The third-order valence-electron chi connectivity index (χ3n) is 2.27. The Balaban J connectivity index is 2.71. The summed E-state index contributed by atoms with van der Waals surface area (Å²) in [6.07, 6.45) is 0. The van der Waals surface area contributed by atoms with Crippen LogP contribution in [-0.4, -0.2) is 31.6 Å². The van der Waals surface area contributed by atoms with Gasteiger partial charge >= 0.3 is 5.97 Å². The predicted molar refractivity (Wildman–Crippen MR) is 71.0 cm³/mol. The number of anilines is 1. The molecule has 0 bridgehead atoms. The van der Waals surface area contributed by atoms with Gasteiger partial charge in [0.25, 0.3) is 5.91 Å². The fraction of sp³-hybridized carbons (Fsp3) is 0.385. The number of carbonyl (C=O) groups is 2. The number of hydrogen-bond donors (Lipinski definition) is 2. The lowest BCUT2D eigenvalue weighted by Gasteiger charge is -2.12. The van der Waals surface area contributed by atoms with Crippen molar-refractivity contribution in [3.05, 3.63) is 23.8 Å². The highest BCUT2D eigenvalue weighted by Gasteiger charge is 2.18. The number of carbonyl (C=O) groups excluding carboxylic acids is 2. The maximum Gasteiger partial charge on any atom is 0.344 e. The second kappa shape index (κ2) is 6.63. The first kappa shape index (κ1) is 14.8. The zero-order valence-corrected chi connectivity index (χ0v) is 11.2. The molecule has 0 aliphatic heterocycles. The predicted octanol–water partition coefficient (Wildman–Crippen LogP) is 0.959. The van der Waals surface area contributed by atoms with Gasteiger partial charge in [-0.1, -0.05) is 6.07 Å². The van der Waals surface area contributed by atoms with Crippen molar-refractivity contribution in [2.75, 3.05) is 19.5 Å². The fourth-order valence-corrected chi connectivity index (χ4v) is 1.50. The summed E-state index contributed by atoms with van der Waals surface area (Å²) in [6.45, 7) is 3.28. The standard InChI is InChI=1S/C13H18N2O4/c1-8(2)15-11(16)7-19-13(17)12-9(14)5-4-6-10(12)18-3/h4-6,8H,7,14H2,1-3H3,(H,15,16). The van der Waals surface area contributed by atoms with Crippen molar-refractivity contribution in [2.45, 2.75) is 19.9 Å². The van der Waals surface area contributed by atoms with Crippen LogP contribution in [-0.2, 0) is 9.53 Å². The van der Waals surface area contributed by atoms with Gasteiger partial charge in [-0.25, -0.2) is 4.79 Å². The molecule has 0 fully saturated rings. The smallest absolute Gasteiger partial charge is 0.344 e. The summed E-state index contributed by atoms with van der Waals surface area (Å²) in [5.74, 6) is -0.736. The van der Waals surface area contributed by atoms with Gasteiger partial charge in [0, 0.05) is 11.7 Å². The SMILES string of the molecule is COc1cccc(N)c1C(=O)OCC(=O)NC(C)C. The van der Waals surface area contributed by atoms with Crippen LogP contribution in [0, 0.1) is 0 Å². The van der Waals surface area contributed by atoms with Gasteiger partial charge in [-0.3, -0.25) is 4.79 Å². The Kier molecular flexibility index (Phi) is 5.17. The van der Waals surface area contributed by atoms with E-state index in [1.807, 2.05) is 13.8 Å². The van der Waals surface area contributed by atoms with Crippen molar-refractivity contribution in [1.29, 1.82) is 0 Å². The second-order valence-electron chi connectivity index (χ2n) is 4.22. The van der Waals surface area contributed by atoms with Gasteiger partial charge in [-0.2, -0.15) is 0 Å². The summed E-state index contributed by atoms with van der Waals surface area (Å²) >= 11 is 0. The van der Waals surface area contributed by atoms with Crippen LogP contribution in [0.25, 0.3) is 0 Å². The van der Waals surface area contributed by atoms with Crippen LogP contribution in [0.1, 0.15) is 24.2 Å². The van der Waals surface area contributed by atoms with Crippen LogP contribution < -0.4 is 15.8 Å². The number of hydrogen-bond acceptors (Lipinski definition) is 5. The Morgan fingerprint density at radius 1 is 1.37 bits per heavy atom. The minimum atomic E-state index is -0.686. The average molecular weight is 266 g/mol. The summed E-state index contributed by atoms with van der Waals surface area (Å²) in [5.41, 5.74) is 6.07. The van der Waals surface area contributed by atoms with Gasteiger partial charge in [0.2, 0.25) is 0 Å². The van der Waals surface area contributed by atoms with E-state index >= 15 is 0 Å². The van der Waals surface area contributed by atoms with Gasteiger partial charge in [-0.05, 0) is 26.0 Å². The first-order valence-corrected chi connectivity index (χ1v) is 5.84. The van der Waals surface area contributed by atoms with Gasteiger partial charge in [0.15, 0.2) is 6.61 Å². The number of rotatable bonds is 5. The van der Waals surface area contributed by atoms with Gasteiger partial charge in [0.05, 0.1) is 7.11 Å². The molecule has 6 heteroatoms. The minimum absolute atomic E-state index is 0.0115. The Hall–Kier alpha value is -2.24. The molecular formula is C13H18N2O4. The number of esters is 1. The molecule has 0 aliphatic carbocycles.